The average Bonchev–Trinajstić information content (AvgIpc) is 3.96. The Morgan fingerprint density at radius 1 is 0.461 bits per heavy atom. The first kappa shape index (κ1) is 47.6. The molecule has 3 aliphatic heterocycles. The van der Waals surface area contributed by atoms with Gasteiger partial charge in [0.05, 0.1) is 5.69 Å². The molecule has 5 heteroatoms. The van der Waals surface area contributed by atoms with Crippen LogP contribution in [0, 0.1) is 6.92 Å². The second-order valence-electron chi connectivity index (χ2n) is 22.9. The summed E-state index contributed by atoms with van der Waals surface area (Å²) in [7, 11) is -2.89. The van der Waals surface area contributed by atoms with Crippen LogP contribution in [0.3, 0.4) is 0 Å². The first-order valence-corrected chi connectivity index (χ1v) is 29.2. The van der Waals surface area contributed by atoms with E-state index in [9.17, 15) is 0 Å². The SMILES string of the molecule is Cc1cc2c3c(c1)N(c1ccc(C(C)(C)C)cc1-c1ccccc1)c1cc4c(cc1B3c1ccc(N(c3ccc(C(C)C)cc3)c3ccc(C(C)C)cc3)cc1O2)[Si](c1ccccc1)(c1ccccc1)c1ccccc1-4. The molecule has 3 nitrogen and oxygen atoms in total. The molecule has 0 amide bonds. The second kappa shape index (κ2) is 18.3. The third-order valence-electron chi connectivity index (χ3n) is 16.6. The van der Waals surface area contributed by atoms with Gasteiger partial charge in [0.25, 0.3) is 6.71 Å². The van der Waals surface area contributed by atoms with Crippen LogP contribution in [-0.2, 0) is 5.41 Å². The molecule has 0 N–H and O–H groups in total. The normalized spacial score (nSPS) is 13.7. The number of anilines is 6. The summed E-state index contributed by atoms with van der Waals surface area (Å²) in [5, 5.41) is 5.64. The molecule has 0 radical (unpaired) electrons. The topological polar surface area (TPSA) is 15.7 Å². The van der Waals surface area contributed by atoms with E-state index in [1.54, 1.807) is 0 Å². The van der Waals surface area contributed by atoms with E-state index in [1.165, 1.54) is 81.8 Å². The zero-order valence-electron chi connectivity index (χ0n) is 44.9. The molecule has 0 unspecified atom stereocenters. The van der Waals surface area contributed by atoms with E-state index in [4.69, 9.17) is 4.74 Å². The predicted octanol–water partition coefficient (Wildman–Crippen LogP) is 14.4. The van der Waals surface area contributed by atoms with Crippen molar-refractivity contribution >= 4 is 86.0 Å². The van der Waals surface area contributed by atoms with Crippen LogP contribution in [0.15, 0.2) is 224 Å². The van der Waals surface area contributed by atoms with Gasteiger partial charge in [-0.05, 0) is 161 Å². The fourth-order valence-corrected chi connectivity index (χ4v) is 17.9. The largest absolute Gasteiger partial charge is 0.458 e. The molecule has 0 bridgehead atoms. The molecular weight excluding hydrogens is 936 g/mol. The molecule has 10 aromatic rings. The number of hydrogen-bond donors (Lipinski definition) is 0. The minimum atomic E-state index is -2.89. The molecule has 0 fully saturated rings. The lowest BCUT2D eigenvalue weighted by Gasteiger charge is -2.42. The summed E-state index contributed by atoms with van der Waals surface area (Å²) in [6.45, 7) is 18.1. The highest BCUT2D eigenvalue weighted by molar-refractivity contribution is 7.22. The van der Waals surface area contributed by atoms with Crippen molar-refractivity contribution in [1.82, 2.24) is 0 Å². The van der Waals surface area contributed by atoms with Crippen LogP contribution in [0.1, 0.15) is 82.6 Å². The van der Waals surface area contributed by atoms with Gasteiger partial charge in [0.2, 0.25) is 0 Å². The van der Waals surface area contributed by atoms with E-state index in [1.807, 2.05) is 0 Å². The van der Waals surface area contributed by atoms with Gasteiger partial charge in [-0.1, -0.05) is 206 Å². The van der Waals surface area contributed by atoms with Crippen molar-refractivity contribution in [2.24, 2.45) is 0 Å². The van der Waals surface area contributed by atoms with Crippen LogP contribution in [0.2, 0.25) is 0 Å². The van der Waals surface area contributed by atoms with Gasteiger partial charge < -0.3 is 14.5 Å². The van der Waals surface area contributed by atoms with Gasteiger partial charge in [-0.3, -0.25) is 0 Å². The van der Waals surface area contributed by atoms with E-state index in [0.717, 1.165) is 45.5 Å². The summed E-state index contributed by atoms with van der Waals surface area (Å²) in [4.78, 5) is 4.98. The van der Waals surface area contributed by atoms with Crippen molar-refractivity contribution in [3.63, 3.8) is 0 Å². The summed E-state index contributed by atoms with van der Waals surface area (Å²) in [6.07, 6.45) is 0. The monoisotopic (exact) mass is 998 g/mol. The van der Waals surface area contributed by atoms with Crippen LogP contribution < -0.4 is 51.7 Å². The minimum absolute atomic E-state index is 0.0517. The van der Waals surface area contributed by atoms with Gasteiger partial charge in [0.15, 0.2) is 8.07 Å². The molecule has 3 heterocycles. The zero-order chi connectivity index (χ0) is 52.0. The lowest BCUT2D eigenvalue weighted by molar-refractivity contribution is 0.487. The number of ether oxygens (including phenoxy) is 1. The number of nitrogens with zero attached hydrogens (tertiary/aromatic N) is 2. The summed E-state index contributed by atoms with van der Waals surface area (Å²) in [6, 6.07) is 85.4. The Bertz CT molecular complexity index is 3750. The molecule has 10 aromatic carbocycles. The maximum absolute atomic E-state index is 7.42. The van der Waals surface area contributed by atoms with Crippen molar-refractivity contribution in [2.45, 2.75) is 72.6 Å². The molecule has 13 rings (SSSR count). The Hall–Kier alpha value is -8.12. The van der Waals surface area contributed by atoms with E-state index in [2.05, 4.69) is 290 Å². The summed E-state index contributed by atoms with van der Waals surface area (Å²) in [5.41, 5.74) is 20.5. The lowest BCUT2D eigenvalue weighted by Crippen LogP contribution is -2.73. The van der Waals surface area contributed by atoms with Crippen molar-refractivity contribution < 1.29 is 4.74 Å². The molecule has 0 atom stereocenters. The highest BCUT2D eigenvalue weighted by Gasteiger charge is 2.51. The second-order valence-corrected chi connectivity index (χ2v) is 26.7. The Morgan fingerprint density at radius 3 is 1.64 bits per heavy atom. The maximum Gasteiger partial charge on any atom is 0.256 e. The van der Waals surface area contributed by atoms with Gasteiger partial charge >= 0.3 is 0 Å². The molecule has 0 saturated carbocycles. The number of fused-ring (bicyclic) bond motifs is 7. The smallest absolute Gasteiger partial charge is 0.256 e. The maximum atomic E-state index is 7.42. The Morgan fingerprint density at radius 2 is 1.04 bits per heavy atom. The summed E-state index contributed by atoms with van der Waals surface area (Å²) >= 11 is 0. The van der Waals surface area contributed by atoms with Crippen LogP contribution in [0.4, 0.5) is 34.1 Å². The molecule has 76 heavy (non-hydrogen) atoms. The average molecular weight is 999 g/mol. The Balaban J connectivity index is 1.10. The quantitative estimate of drug-likeness (QED) is 0.134. The molecule has 0 aromatic heterocycles. The summed E-state index contributed by atoms with van der Waals surface area (Å²) in [5.74, 6) is 2.65. The molecule has 370 valence electrons. The van der Waals surface area contributed by atoms with Crippen molar-refractivity contribution in [3.8, 4) is 33.8 Å². The Labute approximate surface area is 451 Å². The third kappa shape index (κ3) is 7.61. The molecule has 0 spiro atoms. The fourth-order valence-electron chi connectivity index (χ4n) is 12.7. The lowest BCUT2D eigenvalue weighted by atomic mass is 9.34. The fraction of sp³-hybridized carbons (Fsp3) is 0.155. The number of benzene rings is 10. The van der Waals surface area contributed by atoms with E-state index >= 15 is 0 Å². The number of rotatable bonds is 9. The van der Waals surface area contributed by atoms with Gasteiger partial charge in [-0.2, -0.15) is 0 Å². The third-order valence-corrected chi connectivity index (χ3v) is 21.4. The van der Waals surface area contributed by atoms with Crippen LogP contribution in [-0.4, -0.2) is 14.8 Å². The molecular formula is C71H63BN2OSi. The van der Waals surface area contributed by atoms with E-state index in [-0.39, 0.29) is 12.1 Å². The predicted molar refractivity (Wildman–Crippen MR) is 327 cm³/mol. The first-order valence-electron chi connectivity index (χ1n) is 27.2. The van der Waals surface area contributed by atoms with Gasteiger partial charge in [-0.25, -0.2) is 0 Å². The first-order chi connectivity index (χ1) is 36.9. The summed E-state index contributed by atoms with van der Waals surface area (Å²) < 4.78 is 7.42. The van der Waals surface area contributed by atoms with Crippen molar-refractivity contribution in [2.75, 3.05) is 9.80 Å². The van der Waals surface area contributed by atoms with Crippen LogP contribution >= 0.6 is 0 Å². The van der Waals surface area contributed by atoms with Crippen molar-refractivity contribution in [1.29, 1.82) is 0 Å². The highest BCUT2D eigenvalue weighted by atomic mass is 28.3. The van der Waals surface area contributed by atoms with E-state index in [0.29, 0.717) is 11.8 Å². The highest BCUT2D eigenvalue weighted by Crippen LogP contribution is 2.48. The van der Waals surface area contributed by atoms with Gasteiger partial charge in [-0.15, -0.1) is 0 Å². The molecule has 3 aliphatic rings. The van der Waals surface area contributed by atoms with Gasteiger partial charge in [0, 0.05) is 40.1 Å². The molecule has 0 aliphatic carbocycles. The number of aryl methyl sites for hydroxylation is 1. The van der Waals surface area contributed by atoms with Crippen LogP contribution in [0.25, 0.3) is 22.3 Å². The van der Waals surface area contributed by atoms with E-state index < -0.39 is 8.07 Å². The van der Waals surface area contributed by atoms with Gasteiger partial charge in [0.1, 0.15) is 11.5 Å². The molecule has 0 saturated heterocycles. The van der Waals surface area contributed by atoms with Crippen LogP contribution in [0.5, 0.6) is 11.5 Å². The standard InChI is InChI=1S/C71H63BN2OSi/c1-46(2)49-28-33-53(34-29-49)73(54-35-30-50(31-36-54)47(3)4)55-37-38-61-66(43-55)75-67-41-48(5)40-65-70(67)72(61)62-45-69-60(44-64(62)74(65)63-39-32-52(71(6,7)8)42-59(63)51-20-12-9-13-21-51)58-26-18-19-27-68(58)76(69,56-22-14-10-15-23-56)57-24-16-11-17-25-57/h9-47H,1-8H3. The zero-order valence-corrected chi connectivity index (χ0v) is 45.9. The minimum Gasteiger partial charge on any atom is -0.458 e. The van der Waals surface area contributed by atoms with Crippen molar-refractivity contribution in [3.05, 3.63) is 247 Å². The Kier molecular flexibility index (Phi) is 11.5. The number of hydrogen-bond acceptors (Lipinski definition) is 3.